The first-order valence-electron chi connectivity index (χ1n) is 7.35. The maximum atomic E-state index is 12.6. The zero-order valence-electron chi connectivity index (χ0n) is 13.8. The van der Waals surface area contributed by atoms with Gasteiger partial charge in [0.1, 0.15) is 5.75 Å². The summed E-state index contributed by atoms with van der Waals surface area (Å²) in [5.74, 6) is 0.821. The summed E-state index contributed by atoms with van der Waals surface area (Å²) < 4.78 is 52.0. The van der Waals surface area contributed by atoms with E-state index in [1.165, 1.54) is 38.6 Å². The third-order valence-corrected chi connectivity index (χ3v) is 4.57. The van der Waals surface area contributed by atoms with Crippen molar-refractivity contribution in [1.82, 2.24) is 15.0 Å². The van der Waals surface area contributed by atoms with Gasteiger partial charge in [0.05, 0.1) is 36.5 Å². The molecule has 0 fully saturated rings. The maximum absolute atomic E-state index is 12.6. The summed E-state index contributed by atoms with van der Waals surface area (Å²) in [6, 6.07) is 5.77. The van der Waals surface area contributed by atoms with Gasteiger partial charge in [-0.15, -0.1) is 0 Å². The number of fused-ring (bicyclic) bond motifs is 1. The third-order valence-electron chi connectivity index (χ3n) is 3.44. The Labute approximate surface area is 149 Å². The molecular formula is C16H14F2N3O4S-. The highest BCUT2D eigenvalue weighted by Crippen LogP contribution is 2.30. The minimum atomic E-state index is -2.93. The first kappa shape index (κ1) is 18.1. The molecule has 1 aromatic carbocycles. The van der Waals surface area contributed by atoms with Crippen LogP contribution in [0.2, 0.25) is 0 Å². The van der Waals surface area contributed by atoms with Crippen molar-refractivity contribution in [3.63, 3.8) is 0 Å². The molecule has 0 spiro atoms. The quantitative estimate of drug-likeness (QED) is 0.621. The van der Waals surface area contributed by atoms with Crippen LogP contribution in [0, 0.1) is 0 Å². The second-order valence-corrected chi connectivity index (χ2v) is 6.36. The van der Waals surface area contributed by atoms with Crippen LogP contribution in [-0.2, 0) is 16.6 Å². The molecule has 0 N–H and O–H groups in total. The number of methoxy groups -OCH3 is 2. The van der Waals surface area contributed by atoms with E-state index < -0.39 is 17.4 Å². The van der Waals surface area contributed by atoms with E-state index >= 15 is 0 Å². The van der Waals surface area contributed by atoms with Gasteiger partial charge >= 0.3 is 6.61 Å². The first-order valence-corrected chi connectivity index (χ1v) is 8.67. The van der Waals surface area contributed by atoms with Gasteiger partial charge in [0.2, 0.25) is 0 Å². The Morgan fingerprint density at radius 1 is 1.23 bits per heavy atom. The van der Waals surface area contributed by atoms with Crippen molar-refractivity contribution in [2.45, 2.75) is 17.5 Å². The Kier molecular flexibility index (Phi) is 5.31. The normalized spacial score (nSPS) is 12.3. The number of ether oxygens (including phenoxy) is 3. The van der Waals surface area contributed by atoms with Crippen LogP contribution < -0.4 is 19.2 Å². The molecule has 2 aromatic heterocycles. The SMILES string of the molecule is COc1ccnc(C[S@](=O)c2nc3cc(OC(F)F)ccc3[n-]2)c1OC. The molecule has 0 aliphatic heterocycles. The van der Waals surface area contributed by atoms with Crippen molar-refractivity contribution in [3.05, 3.63) is 36.2 Å². The molecule has 26 heavy (non-hydrogen) atoms. The standard InChI is InChI=1S/C16H14F2N3O4S/c1-23-13-5-6-19-12(14(13)24-2)8-26(22)16-20-10-4-3-9(25-15(17)18)7-11(10)21-16/h3-7,15H,8H2,1-2H3/q-1/t26-/m0/s1. The van der Waals surface area contributed by atoms with Crippen molar-refractivity contribution in [1.29, 1.82) is 0 Å². The molecular weight excluding hydrogens is 368 g/mol. The van der Waals surface area contributed by atoms with Crippen LogP contribution in [0.1, 0.15) is 5.69 Å². The topological polar surface area (TPSA) is 84.6 Å². The Bertz CT molecular complexity index is 948. The van der Waals surface area contributed by atoms with Crippen LogP contribution in [0.5, 0.6) is 17.2 Å². The second-order valence-electron chi connectivity index (χ2n) is 5.02. The van der Waals surface area contributed by atoms with Crippen molar-refractivity contribution in [2.24, 2.45) is 0 Å². The van der Waals surface area contributed by atoms with Crippen LogP contribution >= 0.6 is 0 Å². The number of pyridine rings is 1. The fraction of sp³-hybridized carbons (Fsp3) is 0.250. The van der Waals surface area contributed by atoms with E-state index in [-0.39, 0.29) is 16.7 Å². The Hall–Kier alpha value is -2.75. The van der Waals surface area contributed by atoms with Crippen molar-refractivity contribution in [3.8, 4) is 17.2 Å². The molecule has 0 aliphatic carbocycles. The fourth-order valence-corrected chi connectivity index (χ4v) is 3.32. The number of halogens is 2. The molecule has 0 unspecified atom stereocenters. The summed E-state index contributed by atoms with van der Waals surface area (Å²) in [6.45, 7) is -2.93. The van der Waals surface area contributed by atoms with Crippen molar-refractivity contribution in [2.75, 3.05) is 14.2 Å². The molecule has 10 heteroatoms. The zero-order valence-corrected chi connectivity index (χ0v) is 14.6. The molecule has 3 aromatic rings. The first-order chi connectivity index (χ1) is 12.5. The van der Waals surface area contributed by atoms with Crippen molar-refractivity contribution >= 4 is 21.8 Å². The van der Waals surface area contributed by atoms with Gasteiger partial charge in [-0.05, 0) is 23.2 Å². The highest BCUT2D eigenvalue weighted by Gasteiger charge is 2.14. The molecule has 0 saturated heterocycles. The van der Waals surface area contributed by atoms with E-state index in [9.17, 15) is 13.0 Å². The Morgan fingerprint density at radius 3 is 2.73 bits per heavy atom. The van der Waals surface area contributed by atoms with Crippen LogP contribution in [0.25, 0.3) is 11.0 Å². The minimum absolute atomic E-state index is 0.0110. The van der Waals surface area contributed by atoms with E-state index in [2.05, 4.69) is 19.7 Å². The van der Waals surface area contributed by atoms with Gasteiger partial charge in [-0.3, -0.25) is 9.19 Å². The van der Waals surface area contributed by atoms with Gasteiger partial charge in [0, 0.05) is 17.4 Å². The Morgan fingerprint density at radius 2 is 2.04 bits per heavy atom. The number of nitrogens with zero attached hydrogens (tertiary/aromatic N) is 3. The predicted octanol–water partition coefficient (Wildman–Crippen LogP) is 2.51. The molecule has 0 saturated carbocycles. The van der Waals surface area contributed by atoms with E-state index in [0.29, 0.717) is 28.2 Å². The number of imidazole rings is 1. The lowest BCUT2D eigenvalue weighted by molar-refractivity contribution is -0.0497. The summed E-state index contributed by atoms with van der Waals surface area (Å²) >= 11 is 0. The Balaban J connectivity index is 1.86. The van der Waals surface area contributed by atoms with Crippen molar-refractivity contribution < 1.29 is 27.2 Å². The number of alkyl halides is 2. The van der Waals surface area contributed by atoms with Crippen LogP contribution in [0.3, 0.4) is 0 Å². The summed E-state index contributed by atoms with van der Waals surface area (Å²) in [7, 11) is 1.34. The van der Waals surface area contributed by atoms with Gasteiger partial charge in [-0.2, -0.15) is 8.78 Å². The lowest BCUT2D eigenvalue weighted by atomic mass is 10.3. The lowest BCUT2D eigenvalue weighted by Crippen LogP contribution is -2.04. The lowest BCUT2D eigenvalue weighted by Gasteiger charge is -2.11. The van der Waals surface area contributed by atoms with Crippen LogP contribution in [-0.4, -0.2) is 35.0 Å². The number of aromatic nitrogens is 3. The van der Waals surface area contributed by atoms with Gasteiger partial charge in [-0.25, -0.2) is 0 Å². The van der Waals surface area contributed by atoms with E-state index in [4.69, 9.17) is 9.47 Å². The third kappa shape index (κ3) is 3.74. The molecule has 0 aliphatic rings. The summed E-state index contributed by atoms with van der Waals surface area (Å²) in [5.41, 5.74) is 1.18. The smallest absolute Gasteiger partial charge is 0.387 e. The predicted molar refractivity (Wildman–Crippen MR) is 89.1 cm³/mol. The monoisotopic (exact) mass is 382 g/mol. The molecule has 138 valence electrons. The highest BCUT2D eigenvalue weighted by molar-refractivity contribution is 7.84. The average Bonchev–Trinajstić information content (AvgIpc) is 3.04. The average molecular weight is 382 g/mol. The number of benzene rings is 1. The molecule has 1 atom stereocenters. The number of hydrogen-bond donors (Lipinski definition) is 0. The molecule has 0 bridgehead atoms. The van der Waals surface area contributed by atoms with E-state index in [0.717, 1.165) is 0 Å². The number of rotatable bonds is 7. The zero-order chi connectivity index (χ0) is 18.7. The maximum Gasteiger partial charge on any atom is 0.387 e. The molecule has 0 radical (unpaired) electrons. The molecule has 2 heterocycles. The van der Waals surface area contributed by atoms with Gasteiger partial charge in [0.25, 0.3) is 0 Å². The molecule has 7 nitrogen and oxygen atoms in total. The van der Waals surface area contributed by atoms with Crippen LogP contribution in [0.15, 0.2) is 35.6 Å². The largest absolute Gasteiger partial charge is 0.493 e. The number of hydrogen-bond acceptors (Lipinski definition) is 6. The fourth-order valence-electron chi connectivity index (χ4n) is 2.34. The molecule has 3 rings (SSSR count). The molecule has 0 amide bonds. The second kappa shape index (κ2) is 7.65. The van der Waals surface area contributed by atoms with Gasteiger partial charge in [-0.1, -0.05) is 6.07 Å². The van der Waals surface area contributed by atoms with Crippen LogP contribution in [0.4, 0.5) is 8.78 Å². The van der Waals surface area contributed by atoms with Gasteiger partial charge < -0.3 is 24.2 Å². The summed E-state index contributed by atoms with van der Waals surface area (Å²) in [5, 5.41) is 0.0702. The summed E-state index contributed by atoms with van der Waals surface area (Å²) in [4.78, 5) is 12.5. The van der Waals surface area contributed by atoms with E-state index in [1.807, 2.05) is 0 Å². The minimum Gasteiger partial charge on any atom is -0.493 e. The van der Waals surface area contributed by atoms with Gasteiger partial charge in [0.15, 0.2) is 11.5 Å². The summed E-state index contributed by atoms with van der Waals surface area (Å²) in [6.07, 6.45) is 1.52. The highest BCUT2D eigenvalue weighted by atomic mass is 32.2. The van der Waals surface area contributed by atoms with E-state index in [1.54, 1.807) is 6.07 Å².